The minimum Gasteiger partial charge on any atom is -0.495 e. The van der Waals surface area contributed by atoms with Gasteiger partial charge in [-0.2, -0.15) is 18.3 Å². The van der Waals surface area contributed by atoms with E-state index in [9.17, 15) is 18.0 Å². The highest BCUT2D eigenvalue weighted by Gasteiger charge is 2.40. The van der Waals surface area contributed by atoms with E-state index in [2.05, 4.69) is 10.4 Å². The molecule has 0 aliphatic carbocycles. The van der Waals surface area contributed by atoms with Crippen molar-refractivity contribution in [2.24, 2.45) is 0 Å². The SMILES string of the molecule is COc1ccc(C)cc1NC(=O)c1cnn(-c2ccccc2)c1C(F)(F)F. The second kappa shape index (κ2) is 7.14. The molecule has 0 atom stereocenters. The molecule has 3 rings (SSSR count). The zero-order valence-corrected chi connectivity index (χ0v) is 14.5. The Balaban J connectivity index is 2.03. The number of benzene rings is 2. The molecule has 140 valence electrons. The number of halogens is 3. The van der Waals surface area contributed by atoms with Crippen molar-refractivity contribution in [2.45, 2.75) is 13.1 Å². The first-order valence-corrected chi connectivity index (χ1v) is 7.98. The van der Waals surface area contributed by atoms with Crippen LogP contribution >= 0.6 is 0 Å². The standard InChI is InChI=1S/C19H16F3N3O2/c1-12-8-9-16(27-2)15(10-12)24-18(26)14-11-23-25(17(14)19(20,21)22)13-6-4-3-5-7-13/h3-11H,1-2H3,(H,24,26). The summed E-state index contributed by atoms with van der Waals surface area (Å²) in [7, 11) is 1.41. The molecule has 0 aliphatic heterocycles. The summed E-state index contributed by atoms with van der Waals surface area (Å²) in [4.78, 5) is 12.6. The summed E-state index contributed by atoms with van der Waals surface area (Å²) in [5.41, 5.74) is -0.407. The molecule has 27 heavy (non-hydrogen) atoms. The van der Waals surface area contributed by atoms with Crippen LogP contribution in [-0.2, 0) is 6.18 Å². The van der Waals surface area contributed by atoms with Gasteiger partial charge in [0.2, 0.25) is 0 Å². The Labute approximate surface area is 153 Å². The number of carbonyl (C=O) groups excluding carboxylic acids is 1. The number of hydrogen-bond acceptors (Lipinski definition) is 3. The number of ether oxygens (including phenoxy) is 1. The van der Waals surface area contributed by atoms with Crippen molar-refractivity contribution < 1.29 is 22.7 Å². The van der Waals surface area contributed by atoms with Gasteiger partial charge in [0.15, 0.2) is 5.69 Å². The molecule has 2 aromatic carbocycles. The van der Waals surface area contributed by atoms with Gasteiger partial charge in [0.1, 0.15) is 5.75 Å². The number of rotatable bonds is 4. The summed E-state index contributed by atoms with van der Waals surface area (Å²) in [5.74, 6) is -0.577. The predicted molar refractivity (Wildman–Crippen MR) is 94.3 cm³/mol. The lowest BCUT2D eigenvalue weighted by atomic mass is 10.1. The van der Waals surface area contributed by atoms with E-state index in [0.29, 0.717) is 10.4 Å². The van der Waals surface area contributed by atoms with Gasteiger partial charge in [-0.1, -0.05) is 24.3 Å². The fourth-order valence-corrected chi connectivity index (χ4v) is 2.66. The zero-order chi connectivity index (χ0) is 19.6. The minimum absolute atomic E-state index is 0.206. The molecule has 0 aliphatic rings. The highest BCUT2D eigenvalue weighted by molar-refractivity contribution is 6.06. The summed E-state index contributed by atoms with van der Waals surface area (Å²) < 4.78 is 46.9. The van der Waals surface area contributed by atoms with Crippen molar-refractivity contribution in [3.63, 3.8) is 0 Å². The van der Waals surface area contributed by atoms with Crippen LogP contribution in [0.4, 0.5) is 18.9 Å². The van der Waals surface area contributed by atoms with E-state index < -0.39 is 23.3 Å². The molecular weight excluding hydrogens is 359 g/mol. The van der Waals surface area contributed by atoms with E-state index in [1.54, 1.807) is 43.3 Å². The van der Waals surface area contributed by atoms with Crippen LogP contribution in [0.2, 0.25) is 0 Å². The van der Waals surface area contributed by atoms with Crippen LogP contribution in [0.25, 0.3) is 5.69 Å². The monoisotopic (exact) mass is 375 g/mol. The van der Waals surface area contributed by atoms with Crippen LogP contribution < -0.4 is 10.1 Å². The molecular formula is C19H16F3N3O2. The summed E-state index contributed by atoms with van der Waals surface area (Å²) >= 11 is 0. The molecule has 1 amide bonds. The third-order valence-corrected chi connectivity index (χ3v) is 3.89. The van der Waals surface area contributed by atoms with E-state index in [1.807, 2.05) is 0 Å². The molecule has 0 radical (unpaired) electrons. The fraction of sp³-hybridized carbons (Fsp3) is 0.158. The Kier molecular flexibility index (Phi) is 4.89. The van der Waals surface area contributed by atoms with Crippen LogP contribution in [0, 0.1) is 6.92 Å². The Hall–Kier alpha value is -3.29. The number of methoxy groups -OCH3 is 1. The van der Waals surface area contributed by atoms with Crippen molar-refractivity contribution in [1.29, 1.82) is 0 Å². The average molecular weight is 375 g/mol. The molecule has 0 fully saturated rings. The van der Waals surface area contributed by atoms with Gasteiger partial charge in [0, 0.05) is 0 Å². The van der Waals surface area contributed by atoms with E-state index in [4.69, 9.17) is 4.74 Å². The molecule has 1 heterocycles. The fourth-order valence-electron chi connectivity index (χ4n) is 2.66. The highest BCUT2D eigenvalue weighted by Crippen LogP contribution is 2.34. The molecule has 1 N–H and O–H groups in total. The summed E-state index contributed by atoms with van der Waals surface area (Å²) in [6.45, 7) is 1.80. The van der Waals surface area contributed by atoms with Crippen LogP contribution in [0.5, 0.6) is 5.75 Å². The van der Waals surface area contributed by atoms with Gasteiger partial charge in [-0.25, -0.2) is 4.68 Å². The maximum absolute atomic E-state index is 13.7. The van der Waals surface area contributed by atoms with Crippen LogP contribution in [0.3, 0.4) is 0 Å². The van der Waals surface area contributed by atoms with Gasteiger partial charge >= 0.3 is 6.18 Å². The lowest BCUT2D eigenvalue weighted by Gasteiger charge is -2.14. The molecule has 3 aromatic rings. The van der Waals surface area contributed by atoms with Gasteiger partial charge in [-0.3, -0.25) is 4.79 Å². The molecule has 0 saturated carbocycles. The molecule has 0 saturated heterocycles. The Bertz CT molecular complexity index is 966. The second-order valence-corrected chi connectivity index (χ2v) is 5.81. The number of aromatic nitrogens is 2. The van der Waals surface area contributed by atoms with Crippen LogP contribution in [0.15, 0.2) is 54.7 Å². The van der Waals surface area contributed by atoms with Gasteiger partial charge in [0.25, 0.3) is 5.91 Å². The molecule has 0 unspecified atom stereocenters. The number of anilines is 1. The number of nitrogens with one attached hydrogen (secondary N) is 1. The van der Waals surface area contributed by atoms with Gasteiger partial charge in [-0.15, -0.1) is 0 Å². The number of nitrogens with zero attached hydrogens (tertiary/aromatic N) is 2. The predicted octanol–water partition coefficient (Wildman–Crippen LogP) is 4.46. The number of carbonyl (C=O) groups is 1. The van der Waals surface area contributed by atoms with Crippen molar-refractivity contribution in [3.05, 3.63) is 71.5 Å². The van der Waals surface area contributed by atoms with E-state index in [0.717, 1.165) is 11.8 Å². The number of alkyl halides is 3. The third kappa shape index (κ3) is 3.79. The molecule has 1 aromatic heterocycles. The first-order chi connectivity index (χ1) is 12.8. The largest absolute Gasteiger partial charge is 0.495 e. The Morgan fingerprint density at radius 2 is 1.85 bits per heavy atom. The maximum Gasteiger partial charge on any atom is 0.434 e. The van der Waals surface area contributed by atoms with Crippen molar-refractivity contribution in [3.8, 4) is 11.4 Å². The lowest BCUT2D eigenvalue weighted by molar-refractivity contribution is -0.143. The number of aryl methyl sites for hydroxylation is 1. The summed E-state index contributed by atoms with van der Waals surface area (Å²) in [5, 5.41) is 6.26. The Morgan fingerprint density at radius 1 is 1.15 bits per heavy atom. The second-order valence-electron chi connectivity index (χ2n) is 5.81. The first kappa shape index (κ1) is 18.5. The molecule has 8 heteroatoms. The number of hydrogen-bond donors (Lipinski definition) is 1. The van der Waals surface area contributed by atoms with E-state index in [1.165, 1.54) is 19.2 Å². The van der Waals surface area contributed by atoms with Crippen molar-refractivity contribution >= 4 is 11.6 Å². The van der Waals surface area contributed by atoms with Gasteiger partial charge in [-0.05, 0) is 36.8 Å². The maximum atomic E-state index is 13.7. The highest BCUT2D eigenvalue weighted by atomic mass is 19.4. The van der Waals surface area contributed by atoms with E-state index in [-0.39, 0.29) is 11.4 Å². The van der Waals surface area contributed by atoms with Crippen LogP contribution in [-0.4, -0.2) is 22.8 Å². The quantitative estimate of drug-likeness (QED) is 0.733. The smallest absolute Gasteiger partial charge is 0.434 e. The van der Waals surface area contributed by atoms with Crippen LogP contribution in [0.1, 0.15) is 21.6 Å². The molecule has 5 nitrogen and oxygen atoms in total. The minimum atomic E-state index is -4.77. The van der Waals surface area contributed by atoms with Gasteiger partial charge < -0.3 is 10.1 Å². The number of para-hydroxylation sites is 1. The first-order valence-electron chi connectivity index (χ1n) is 7.98. The van der Waals surface area contributed by atoms with Crippen molar-refractivity contribution in [1.82, 2.24) is 9.78 Å². The molecule has 0 spiro atoms. The summed E-state index contributed by atoms with van der Waals surface area (Å²) in [6.07, 6.45) is -3.86. The normalized spacial score (nSPS) is 11.3. The number of amides is 1. The molecule has 0 bridgehead atoms. The average Bonchev–Trinajstić information content (AvgIpc) is 3.08. The lowest BCUT2D eigenvalue weighted by Crippen LogP contribution is -2.21. The summed E-state index contributed by atoms with van der Waals surface area (Å²) in [6, 6.07) is 12.8. The van der Waals surface area contributed by atoms with E-state index >= 15 is 0 Å². The third-order valence-electron chi connectivity index (χ3n) is 3.89. The van der Waals surface area contributed by atoms with Gasteiger partial charge in [0.05, 0.1) is 30.2 Å². The topological polar surface area (TPSA) is 56.1 Å². The zero-order valence-electron chi connectivity index (χ0n) is 14.5. The van der Waals surface area contributed by atoms with Crippen molar-refractivity contribution in [2.75, 3.05) is 12.4 Å². The Morgan fingerprint density at radius 3 is 2.48 bits per heavy atom.